The third-order valence-electron chi connectivity index (χ3n) is 3.87. The first-order valence-electron chi connectivity index (χ1n) is 8.32. The summed E-state index contributed by atoms with van der Waals surface area (Å²) in [5.41, 5.74) is 1.27. The molecule has 26 heavy (non-hydrogen) atoms. The van der Waals surface area contributed by atoms with Crippen LogP contribution in [0, 0.1) is 0 Å². The van der Waals surface area contributed by atoms with E-state index in [1.54, 1.807) is 18.2 Å². The second-order valence-electron chi connectivity index (χ2n) is 5.89. The number of rotatable bonds is 5. The summed E-state index contributed by atoms with van der Waals surface area (Å²) in [6.07, 6.45) is 2.28. The standard InChI is InChI=1S/C19H19BrN2O3S/c20-14-5-1-4-13(10-14)18(23)22-19(26)21-15-6-2-7-16(11-15)25-12-17-8-3-9-24-17/h1-2,4-7,10-11,17H,3,8-9,12H2,(H2,21,22,23,26). The maximum atomic E-state index is 12.2. The van der Waals surface area contributed by atoms with Crippen molar-refractivity contribution in [2.24, 2.45) is 0 Å². The van der Waals surface area contributed by atoms with Crippen molar-refractivity contribution in [1.29, 1.82) is 0 Å². The molecule has 1 aliphatic rings. The number of hydrogen-bond acceptors (Lipinski definition) is 4. The van der Waals surface area contributed by atoms with Gasteiger partial charge in [0, 0.05) is 28.4 Å². The summed E-state index contributed by atoms with van der Waals surface area (Å²) in [6, 6.07) is 14.6. The molecule has 3 rings (SSSR count). The average molecular weight is 435 g/mol. The molecule has 7 heteroatoms. The van der Waals surface area contributed by atoms with Crippen LogP contribution in [0.25, 0.3) is 0 Å². The number of amides is 1. The third kappa shape index (κ3) is 5.52. The van der Waals surface area contributed by atoms with Gasteiger partial charge in [-0.1, -0.05) is 28.1 Å². The topological polar surface area (TPSA) is 59.6 Å². The quantitative estimate of drug-likeness (QED) is 0.692. The maximum absolute atomic E-state index is 12.2. The van der Waals surface area contributed by atoms with Gasteiger partial charge in [0.15, 0.2) is 5.11 Å². The van der Waals surface area contributed by atoms with Crippen LogP contribution in [0.4, 0.5) is 5.69 Å². The largest absolute Gasteiger partial charge is 0.491 e. The Balaban J connectivity index is 1.53. The van der Waals surface area contributed by atoms with Gasteiger partial charge in [0.2, 0.25) is 0 Å². The fraction of sp³-hybridized carbons (Fsp3) is 0.263. The van der Waals surface area contributed by atoms with Crippen LogP contribution in [-0.4, -0.2) is 30.3 Å². The number of carbonyl (C=O) groups is 1. The summed E-state index contributed by atoms with van der Waals surface area (Å²) in [5, 5.41) is 5.90. The van der Waals surface area contributed by atoms with Crippen LogP contribution in [0.2, 0.25) is 0 Å². The van der Waals surface area contributed by atoms with Gasteiger partial charge in [-0.2, -0.15) is 0 Å². The number of halogens is 1. The van der Waals surface area contributed by atoms with Gasteiger partial charge in [0.05, 0.1) is 6.10 Å². The zero-order valence-electron chi connectivity index (χ0n) is 14.0. The van der Waals surface area contributed by atoms with Gasteiger partial charge in [-0.05, 0) is 55.4 Å². The van der Waals surface area contributed by atoms with Crippen LogP contribution >= 0.6 is 28.1 Å². The predicted molar refractivity (Wildman–Crippen MR) is 109 cm³/mol. The molecule has 5 nitrogen and oxygen atoms in total. The molecule has 2 N–H and O–H groups in total. The molecule has 2 aromatic rings. The van der Waals surface area contributed by atoms with E-state index in [-0.39, 0.29) is 17.1 Å². The highest BCUT2D eigenvalue weighted by Crippen LogP contribution is 2.20. The van der Waals surface area contributed by atoms with E-state index in [0.717, 1.165) is 35.4 Å². The van der Waals surface area contributed by atoms with Gasteiger partial charge in [-0.25, -0.2) is 0 Å². The van der Waals surface area contributed by atoms with Crippen LogP contribution in [0.5, 0.6) is 5.75 Å². The summed E-state index contributed by atoms with van der Waals surface area (Å²) >= 11 is 8.57. The lowest BCUT2D eigenvalue weighted by Gasteiger charge is -2.13. The smallest absolute Gasteiger partial charge is 0.257 e. The van der Waals surface area contributed by atoms with Gasteiger partial charge in [0.1, 0.15) is 12.4 Å². The number of hydrogen-bond donors (Lipinski definition) is 2. The van der Waals surface area contributed by atoms with E-state index in [9.17, 15) is 4.79 Å². The molecule has 136 valence electrons. The lowest BCUT2D eigenvalue weighted by Crippen LogP contribution is -2.34. The van der Waals surface area contributed by atoms with E-state index in [1.165, 1.54) is 0 Å². The van der Waals surface area contributed by atoms with Gasteiger partial charge < -0.3 is 14.8 Å². The minimum absolute atomic E-state index is 0.164. The first kappa shape index (κ1) is 18.8. The minimum atomic E-state index is -0.269. The average Bonchev–Trinajstić information content (AvgIpc) is 3.14. The highest BCUT2D eigenvalue weighted by atomic mass is 79.9. The molecular weight excluding hydrogens is 416 g/mol. The summed E-state index contributed by atoms with van der Waals surface area (Å²) < 4.78 is 12.2. The number of thiocarbonyl (C=S) groups is 1. The molecule has 1 amide bonds. The lowest BCUT2D eigenvalue weighted by atomic mass is 10.2. The Morgan fingerprint density at radius 1 is 1.27 bits per heavy atom. The fourth-order valence-corrected chi connectivity index (χ4v) is 3.21. The normalized spacial score (nSPS) is 16.1. The lowest BCUT2D eigenvalue weighted by molar-refractivity contribution is 0.0680. The molecule has 0 saturated carbocycles. The van der Waals surface area contributed by atoms with Crippen LogP contribution in [0.3, 0.4) is 0 Å². The summed E-state index contributed by atoms with van der Waals surface area (Å²) in [6.45, 7) is 1.34. The van der Waals surface area contributed by atoms with Crippen molar-refractivity contribution in [3.8, 4) is 5.75 Å². The summed E-state index contributed by atoms with van der Waals surface area (Å²) in [5.74, 6) is 0.459. The number of nitrogens with one attached hydrogen (secondary N) is 2. The zero-order chi connectivity index (χ0) is 18.4. The van der Waals surface area contributed by atoms with Crippen molar-refractivity contribution in [2.45, 2.75) is 18.9 Å². The van der Waals surface area contributed by atoms with Crippen LogP contribution < -0.4 is 15.4 Å². The Kier molecular flexibility index (Phi) is 6.60. The van der Waals surface area contributed by atoms with Gasteiger partial charge >= 0.3 is 0 Å². The molecule has 1 saturated heterocycles. The van der Waals surface area contributed by atoms with Crippen molar-refractivity contribution in [3.05, 3.63) is 58.6 Å². The number of anilines is 1. The van der Waals surface area contributed by atoms with Crippen molar-refractivity contribution in [1.82, 2.24) is 5.32 Å². The van der Waals surface area contributed by atoms with E-state index >= 15 is 0 Å². The molecule has 1 aliphatic heterocycles. The maximum Gasteiger partial charge on any atom is 0.257 e. The highest BCUT2D eigenvalue weighted by Gasteiger charge is 2.16. The van der Waals surface area contributed by atoms with E-state index in [0.29, 0.717) is 12.2 Å². The first-order valence-corrected chi connectivity index (χ1v) is 9.52. The van der Waals surface area contributed by atoms with E-state index < -0.39 is 0 Å². The van der Waals surface area contributed by atoms with E-state index in [4.69, 9.17) is 21.7 Å². The van der Waals surface area contributed by atoms with E-state index in [2.05, 4.69) is 26.6 Å². The number of ether oxygens (including phenoxy) is 2. The Labute approximate surface area is 166 Å². The summed E-state index contributed by atoms with van der Waals surface area (Å²) in [4.78, 5) is 12.2. The summed E-state index contributed by atoms with van der Waals surface area (Å²) in [7, 11) is 0. The van der Waals surface area contributed by atoms with Gasteiger partial charge in [-0.15, -0.1) is 0 Å². The fourth-order valence-electron chi connectivity index (χ4n) is 2.60. The molecule has 0 spiro atoms. The molecule has 1 fully saturated rings. The molecule has 0 radical (unpaired) electrons. The Morgan fingerprint density at radius 3 is 2.88 bits per heavy atom. The van der Waals surface area contributed by atoms with E-state index in [1.807, 2.05) is 30.3 Å². The van der Waals surface area contributed by atoms with Crippen molar-refractivity contribution >= 4 is 44.9 Å². The molecule has 0 bridgehead atoms. The van der Waals surface area contributed by atoms with Crippen LogP contribution in [-0.2, 0) is 4.74 Å². The van der Waals surface area contributed by atoms with Crippen LogP contribution in [0.1, 0.15) is 23.2 Å². The predicted octanol–water partition coefficient (Wildman–Crippen LogP) is 4.13. The second-order valence-corrected chi connectivity index (χ2v) is 7.22. The molecular formula is C19H19BrN2O3S. The zero-order valence-corrected chi connectivity index (χ0v) is 16.4. The van der Waals surface area contributed by atoms with Crippen molar-refractivity contribution in [2.75, 3.05) is 18.5 Å². The third-order valence-corrected chi connectivity index (χ3v) is 4.56. The highest BCUT2D eigenvalue weighted by molar-refractivity contribution is 9.10. The molecule has 1 unspecified atom stereocenters. The first-order chi connectivity index (χ1) is 12.6. The van der Waals surface area contributed by atoms with Crippen molar-refractivity contribution in [3.63, 3.8) is 0 Å². The minimum Gasteiger partial charge on any atom is -0.491 e. The molecule has 1 heterocycles. The van der Waals surface area contributed by atoms with Gasteiger partial charge in [-0.3, -0.25) is 10.1 Å². The molecule has 0 aliphatic carbocycles. The second kappa shape index (κ2) is 9.12. The van der Waals surface area contributed by atoms with Gasteiger partial charge in [0.25, 0.3) is 5.91 Å². The SMILES string of the molecule is O=C(NC(=S)Nc1cccc(OCC2CCCO2)c1)c1cccc(Br)c1. The number of benzene rings is 2. The monoisotopic (exact) mass is 434 g/mol. The molecule has 1 atom stereocenters. The Hall–Kier alpha value is -1.96. The molecule has 2 aromatic carbocycles. The Bertz CT molecular complexity index is 794. The Morgan fingerprint density at radius 2 is 2.12 bits per heavy atom. The number of carbonyl (C=O) groups excluding carboxylic acids is 1. The van der Waals surface area contributed by atoms with Crippen molar-refractivity contribution < 1.29 is 14.3 Å². The van der Waals surface area contributed by atoms with Crippen LogP contribution in [0.15, 0.2) is 53.0 Å². The molecule has 0 aromatic heterocycles.